The summed E-state index contributed by atoms with van der Waals surface area (Å²) in [5.74, 6) is 0. The third kappa shape index (κ3) is 2.10. The summed E-state index contributed by atoms with van der Waals surface area (Å²) in [7, 11) is 0. The van der Waals surface area contributed by atoms with Crippen LogP contribution in [0.25, 0.3) is 0 Å². The van der Waals surface area contributed by atoms with Crippen LogP contribution in [0.3, 0.4) is 0 Å². The maximum absolute atomic E-state index is 6.64. The van der Waals surface area contributed by atoms with Gasteiger partial charge in [0.25, 0.3) is 0 Å². The second kappa shape index (κ2) is 4.89. The third-order valence-electron chi connectivity index (χ3n) is 4.66. The van der Waals surface area contributed by atoms with Crippen molar-refractivity contribution in [3.63, 3.8) is 0 Å². The first kappa shape index (κ1) is 13.1. The summed E-state index contributed by atoms with van der Waals surface area (Å²) in [6.07, 6.45) is 2.06. The van der Waals surface area contributed by atoms with Crippen molar-refractivity contribution in [1.29, 1.82) is 0 Å². The number of rotatable bonds is 2. The lowest BCUT2D eigenvalue weighted by molar-refractivity contribution is -0.217. The van der Waals surface area contributed by atoms with Crippen LogP contribution in [0.2, 0.25) is 0 Å². The molecule has 3 rings (SSSR count). The minimum absolute atomic E-state index is 0.0634. The van der Waals surface area contributed by atoms with E-state index < -0.39 is 0 Å². The first-order valence-electron chi connectivity index (χ1n) is 7.31. The Morgan fingerprint density at radius 2 is 1.95 bits per heavy atom. The largest absolute Gasteiger partial charge is 0.373 e. The van der Waals surface area contributed by atoms with Crippen LogP contribution in [0.5, 0.6) is 0 Å². The van der Waals surface area contributed by atoms with Gasteiger partial charge in [-0.05, 0) is 24.0 Å². The zero-order valence-corrected chi connectivity index (χ0v) is 11.9. The van der Waals surface area contributed by atoms with Crippen LogP contribution in [0.4, 0.5) is 0 Å². The Balaban J connectivity index is 2.00. The molecular formula is C16H23NO2. The van der Waals surface area contributed by atoms with E-state index in [9.17, 15) is 0 Å². The van der Waals surface area contributed by atoms with E-state index >= 15 is 0 Å². The van der Waals surface area contributed by atoms with Crippen LogP contribution in [-0.2, 0) is 21.7 Å². The van der Waals surface area contributed by atoms with Crippen LogP contribution < -0.4 is 5.32 Å². The summed E-state index contributed by atoms with van der Waals surface area (Å²) in [5.41, 5.74) is 2.20. The van der Waals surface area contributed by atoms with Gasteiger partial charge in [0, 0.05) is 13.1 Å². The summed E-state index contributed by atoms with van der Waals surface area (Å²) in [4.78, 5) is 0. The standard InChI is InChI=1S/C16H23NO2/c1-3-15(4-2)10-17-11-16(19-15)12-18-9-13-7-5-6-8-14(13)16/h5-8,17H,3-4,9-12H2,1-2H3. The molecule has 0 amide bonds. The molecule has 1 spiro atoms. The highest BCUT2D eigenvalue weighted by molar-refractivity contribution is 5.35. The minimum atomic E-state index is -0.306. The molecule has 1 fully saturated rings. The minimum Gasteiger partial charge on any atom is -0.373 e. The van der Waals surface area contributed by atoms with Crippen molar-refractivity contribution < 1.29 is 9.47 Å². The molecule has 1 unspecified atom stereocenters. The molecule has 1 aromatic carbocycles. The fourth-order valence-corrected chi connectivity index (χ4v) is 3.35. The fourth-order valence-electron chi connectivity index (χ4n) is 3.35. The highest BCUT2D eigenvalue weighted by Crippen LogP contribution is 2.40. The van der Waals surface area contributed by atoms with Crippen molar-refractivity contribution in [3.8, 4) is 0 Å². The number of ether oxygens (including phenoxy) is 2. The van der Waals surface area contributed by atoms with Gasteiger partial charge in [0.2, 0.25) is 0 Å². The van der Waals surface area contributed by atoms with Crippen molar-refractivity contribution in [1.82, 2.24) is 5.32 Å². The lowest BCUT2D eigenvalue weighted by Crippen LogP contribution is -2.61. The van der Waals surface area contributed by atoms with Crippen molar-refractivity contribution in [3.05, 3.63) is 35.4 Å². The Bertz CT molecular complexity index is 456. The molecule has 1 N–H and O–H groups in total. The molecule has 3 heteroatoms. The first-order chi connectivity index (χ1) is 9.24. The summed E-state index contributed by atoms with van der Waals surface area (Å²) in [6, 6.07) is 8.52. The predicted molar refractivity (Wildman–Crippen MR) is 75.0 cm³/mol. The summed E-state index contributed by atoms with van der Waals surface area (Å²) in [5, 5.41) is 3.57. The zero-order valence-electron chi connectivity index (χ0n) is 11.9. The topological polar surface area (TPSA) is 30.5 Å². The molecule has 2 aliphatic rings. The fraction of sp³-hybridized carbons (Fsp3) is 0.625. The maximum atomic E-state index is 6.64. The molecule has 0 radical (unpaired) electrons. The molecule has 2 aliphatic heterocycles. The lowest BCUT2D eigenvalue weighted by atomic mass is 9.84. The summed E-state index contributed by atoms with van der Waals surface area (Å²) >= 11 is 0. The number of hydrogen-bond acceptors (Lipinski definition) is 3. The first-order valence-corrected chi connectivity index (χ1v) is 7.31. The average Bonchev–Trinajstić information content (AvgIpc) is 2.48. The van der Waals surface area contributed by atoms with Gasteiger partial charge in [0.05, 0.1) is 18.8 Å². The lowest BCUT2D eigenvalue weighted by Gasteiger charge is -2.50. The van der Waals surface area contributed by atoms with Gasteiger partial charge in [-0.1, -0.05) is 38.1 Å². The van der Waals surface area contributed by atoms with E-state index in [1.165, 1.54) is 11.1 Å². The van der Waals surface area contributed by atoms with E-state index in [-0.39, 0.29) is 11.2 Å². The number of nitrogens with one attached hydrogen (secondary N) is 1. The van der Waals surface area contributed by atoms with Gasteiger partial charge in [0.1, 0.15) is 5.60 Å². The Labute approximate surface area is 115 Å². The molecule has 0 aliphatic carbocycles. The van der Waals surface area contributed by atoms with Crippen LogP contribution in [0.15, 0.2) is 24.3 Å². The molecule has 3 nitrogen and oxygen atoms in total. The average molecular weight is 261 g/mol. The SMILES string of the molecule is CCC1(CC)CNCC2(COCc3ccccc32)O1. The van der Waals surface area contributed by atoms with Gasteiger partial charge in [-0.25, -0.2) is 0 Å². The highest BCUT2D eigenvalue weighted by Gasteiger charge is 2.47. The zero-order chi connectivity index (χ0) is 13.3. The van der Waals surface area contributed by atoms with Crippen molar-refractivity contribution in [2.45, 2.75) is 44.5 Å². The Morgan fingerprint density at radius 3 is 2.74 bits per heavy atom. The third-order valence-corrected chi connectivity index (χ3v) is 4.66. The van der Waals surface area contributed by atoms with Crippen molar-refractivity contribution in [2.75, 3.05) is 19.7 Å². The molecule has 0 bridgehead atoms. The maximum Gasteiger partial charge on any atom is 0.130 e. The summed E-state index contributed by atoms with van der Waals surface area (Å²) in [6.45, 7) is 7.54. The normalized spacial score (nSPS) is 29.2. The van der Waals surface area contributed by atoms with Crippen molar-refractivity contribution in [2.24, 2.45) is 0 Å². The number of morpholine rings is 1. The second-order valence-corrected chi connectivity index (χ2v) is 5.74. The predicted octanol–water partition coefficient (Wildman–Crippen LogP) is 2.59. The quantitative estimate of drug-likeness (QED) is 0.887. The van der Waals surface area contributed by atoms with Gasteiger partial charge >= 0.3 is 0 Å². The molecule has 1 aromatic rings. The van der Waals surface area contributed by atoms with Crippen LogP contribution in [-0.4, -0.2) is 25.3 Å². The van der Waals surface area contributed by atoms with Gasteiger partial charge in [0.15, 0.2) is 0 Å². The smallest absolute Gasteiger partial charge is 0.130 e. The monoisotopic (exact) mass is 261 g/mol. The van der Waals surface area contributed by atoms with E-state index in [4.69, 9.17) is 9.47 Å². The number of fused-ring (bicyclic) bond motifs is 2. The van der Waals surface area contributed by atoms with Crippen molar-refractivity contribution >= 4 is 0 Å². The molecule has 2 heterocycles. The molecule has 104 valence electrons. The van der Waals surface area contributed by atoms with Crippen LogP contribution in [0, 0.1) is 0 Å². The number of hydrogen-bond donors (Lipinski definition) is 1. The molecule has 1 saturated heterocycles. The van der Waals surface area contributed by atoms with E-state index in [0.29, 0.717) is 13.2 Å². The van der Waals surface area contributed by atoms with E-state index in [1.807, 2.05) is 0 Å². The van der Waals surface area contributed by atoms with E-state index in [0.717, 1.165) is 25.9 Å². The summed E-state index contributed by atoms with van der Waals surface area (Å²) < 4.78 is 12.4. The van der Waals surface area contributed by atoms with Gasteiger partial charge < -0.3 is 14.8 Å². The molecule has 0 saturated carbocycles. The van der Waals surface area contributed by atoms with Crippen LogP contribution in [0.1, 0.15) is 37.8 Å². The van der Waals surface area contributed by atoms with Gasteiger partial charge in [-0.15, -0.1) is 0 Å². The van der Waals surface area contributed by atoms with E-state index in [1.54, 1.807) is 0 Å². The molecular weight excluding hydrogens is 238 g/mol. The van der Waals surface area contributed by atoms with E-state index in [2.05, 4.69) is 43.4 Å². The molecule has 0 aromatic heterocycles. The molecule has 19 heavy (non-hydrogen) atoms. The van der Waals surface area contributed by atoms with Crippen LogP contribution >= 0.6 is 0 Å². The highest BCUT2D eigenvalue weighted by atomic mass is 16.6. The van der Waals surface area contributed by atoms with Gasteiger partial charge in [-0.3, -0.25) is 0 Å². The Hall–Kier alpha value is -0.900. The Morgan fingerprint density at radius 1 is 1.16 bits per heavy atom. The Kier molecular flexibility index (Phi) is 3.37. The van der Waals surface area contributed by atoms with Gasteiger partial charge in [-0.2, -0.15) is 0 Å². The second-order valence-electron chi connectivity index (χ2n) is 5.74. The molecule has 1 atom stereocenters. The number of benzene rings is 1.